The lowest BCUT2D eigenvalue weighted by Gasteiger charge is -2.15. The largest absolute Gasteiger partial charge is 0.379 e. The maximum absolute atomic E-state index is 11.6. The van der Waals surface area contributed by atoms with Gasteiger partial charge < -0.3 is 20.5 Å². The summed E-state index contributed by atoms with van der Waals surface area (Å²) < 4.78 is 11.0. The van der Waals surface area contributed by atoms with Gasteiger partial charge in [-0.05, 0) is 26.2 Å². The van der Waals surface area contributed by atoms with Crippen molar-refractivity contribution in [2.24, 2.45) is 11.7 Å². The summed E-state index contributed by atoms with van der Waals surface area (Å²) >= 11 is 0. The van der Waals surface area contributed by atoms with Crippen LogP contribution in [0.5, 0.6) is 0 Å². The van der Waals surface area contributed by atoms with Crippen LogP contribution in [0.2, 0.25) is 0 Å². The molecule has 3 atom stereocenters. The van der Waals surface area contributed by atoms with Crippen molar-refractivity contribution >= 4 is 18.3 Å². The second-order valence-corrected chi connectivity index (χ2v) is 5.00. The number of carbonyl (C=O) groups is 1. The van der Waals surface area contributed by atoms with E-state index >= 15 is 0 Å². The van der Waals surface area contributed by atoms with Crippen LogP contribution >= 0.6 is 12.4 Å². The van der Waals surface area contributed by atoms with Crippen LogP contribution in [0, 0.1) is 5.92 Å². The van der Waals surface area contributed by atoms with Crippen LogP contribution in [-0.4, -0.2) is 44.4 Å². The fourth-order valence-electron chi connectivity index (χ4n) is 1.78. The van der Waals surface area contributed by atoms with Crippen LogP contribution in [0.1, 0.15) is 33.1 Å². The summed E-state index contributed by atoms with van der Waals surface area (Å²) in [6.07, 6.45) is 3.34. The summed E-state index contributed by atoms with van der Waals surface area (Å²) in [5, 5.41) is 2.86. The minimum absolute atomic E-state index is 0. The summed E-state index contributed by atoms with van der Waals surface area (Å²) in [6.45, 7) is 6.51. The average Bonchev–Trinajstić information content (AvgIpc) is 2.85. The zero-order chi connectivity index (χ0) is 13.4. The Labute approximate surface area is 122 Å². The molecule has 0 aromatic heterocycles. The molecule has 1 fully saturated rings. The molecule has 3 N–H and O–H groups in total. The first-order valence-corrected chi connectivity index (χ1v) is 6.84. The summed E-state index contributed by atoms with van der Waals surface area (Å²) in [7, 11) is 0. The summed E-state index contributed by atoms with van der Waals surface area (Å²) in [6, 6.07) is -0.110. The molecule has 1 heterocycles. The molecule has 0 spiro atoms. The zero-order valence-electron chi connectivity index (χ0n) is 11.9. The Kier molecular flexibility index (Phi) is 10.2. The first-order chi connectivity index (χ1) is 8.61. The Morgan fingerprint density at radius 3 is 2.84 bits per heavy atom. The van der Waals surface area contributed by atoms with Crippen molar-refractivity contribution in [3.8, 4) is 0 Å². The number of rotatable bonds is 8. The Bertz CT molecular complexity index is 246. The highest BCUT2D eigenvalue weighted by Crippen LogP contribution is 2.11. The second-order valence-electron chi connectivity index (χ2n) is 5.00. The van der Waals surface area contributed by atoms with E-state index < -0.39 is 0 Å². The summed E-state index contributed by atoms with van der Waals surface area (Å²) in [5.74, 6) is -0.123. The highest BCUT2D eigenvalue weighted by atomic mass is 35.5. The molecule has 0 aliphatic carbocycles. The van der Waals surface area contributed by atoms with Gasteiger partial charge in [0.1, 0.15) is 0 Å². The highest BCUT2D eigenvalue weighted by Gasteiger charge is 2.16. The number of hydrogen-bond acceptors (Lipinski definition) is 4. The van der Waals surface area contributed by atoms with Crippen molar-refractivity contribution in [3.05, 3.63) is 0 Å². The fraction of sp³-hybridized carbons (Fsp3) is 0.923. The predicted octanol–water partition coefficient (Wildman–Crippen LogP) is 1.09. The average molecular weight is 295 g/mol. The van der Waals surface area contributed by atoms with Gasteiger partial charge in [0.25, 0.3) is 0 Å². The van der Waals surface area contributed by atoms with Crippen LogP contribution in [-0.2, 0) is 14.3 Å². The molecule has 0 aromatic rings. The number of ether oxygens (including phenoxy) is 2. The molecule has 1 saturated heterocycles. The number of amides is 1. The Hall–Kier alpha value is -0.360. The fourth-order valence-corrected chi connectivity index (χ4v) is 1.78. The molecule has 0 bridgehead atoms. The smallest absolute Gasteiger partial charge is 0.224 e. The Morgan fingerprint density at radius 1 is 1.53 bits per heavy atom. The zero-order valence-corrected chi connectivity index (χ0v) is 12.7. The first kappa shape index (κ1) is 18.6. The van der Waals surface area contributed by atoms with E-state index in [-0.39, 0.29) is 36.4 Å². The van der Waals surface area contributed by atoms with E-state index in [1.54, 1.807) is 0 Å². The van der Waals surface area contributed by atoms with Gasteiger partial charge in [0.2, 0.25) is 5.91 Å². The van der Waals surface area contributed by atoms with Gasteiger partial charge in [-0.1, -0.05) is 6.92 Å². The number of hydrogen-bond donors (Lipinski definition) is 2. The molecule has 19 heavy (non-hydrogen) atoms. The maximum Gasteiger partial charge on any atom is 0.224 e. The SMILES string of the molecule is CC(N)C(C)C(=O)NCCCOCC1CCCO1.Cl. The minimum Gasteiger partial charge on any atom is -0.379 e. The van der Waals surface area contributed by atoms with E-state index in [2.05, 4.69) is 5.32 Å². The van der Waals surface area contributed by atoms with Gasteiger partial charge in [-0.25, -0.2) is 0 Å². The van der Waals surface area contributed by atoms with Gasteiger partial charge in [-0.3, -0.25) is 4.79 Å². The predicted molar refractivity (Wildman–Crippen MR) is 77.5 cm³/mol. The lowest BCUT2D eigenvalue weighted by molar-refractivity contribution is -0.124. The molecule has 0 radical (unpaired) electrons. The summed E-state index contributed by atoms with van der Waals surface area (Å²) in [5.41, 5.74) is 5.66. The van der Waals surface area contributed by atoms with Gasteiger partial charge in [-0.2, -0.15) is 0 Å². The molecule has 1 aliphatic heterocycles. The van der Waals surface area contributed by atoms with Crippen molar-refractivity contribution < 1.29 is 14.3 Å². The molecule has 5 nitrogen and oxygen atoms in total. The molecular weight excluding hydrogens is 268 g/mol. The highest BCUT2D eigenvalue weighted by molar-refractivity contribution is 5.85. The Morgan fingerprint density at radius 2 is 2.26 bits per heavy atom. The standard InChI is InChI=1S/C13H26N2O3.ClH/c1-10(11(2)14)13(16)15-6-4-7-17-9-12-5-3-8-18-12;/h10-12H,3-9,14H2,1-2H3,(H,15,16);1H. The lowest BCUT2D eigenvalue weighted by Crippen LogP contribution is -2.39. The van der Waals surface area contributed by atoms with Gasteiger partial charge in [-0.15, -0.1) is 12.4 Å². The van der Waals surface area contributed by atoms with E-state index in [4.69, 9.17) is 15.2 Å². The van der Waals surface area contributed by atoms with E-state index in [0.29, 0.717) is 19.8 Å². The van der Waals surface area contributed by atoms with Crippen molar-refractivity contribution in [3.63, 3.8) is 0 Å². The topological polar surface area (TPSA) is 73.6 Å². The van der Waals surface area contributed by atoms with Crippen molar-refractivity contribution in [1.29, 1.82) is 0 Å². The maximum atomic E-state index is 11.6. The molecule has 6 heteroatoms. The van der Waals surface area contributed by atoms with Crippen molar-refractivity contribution in [2.75, 3.05) is 26.4 Å². The van der Waals surface area contributed by atoms with Crippen LogP contribution in [0.25, 0.3) is 0 Å². The van der Waals surface area contributed by atoms with E-state index in [1.165, 1.54) is 0 Å². The first-order valence-electron chi connectivity index (χ1n) is 6.84. The van der Waals surface area contributed by atoms with E-state index in [1.807, 2.05) is 13.8 Å². The van der Waals surface area contributed by atoms with E-state index in [0.717, 1.165) is 25.9 Å². The molecule has 1 amide bonds. The van der Waals surface area contributed by atoms with Crippen molar-refractivity contribution in [2.45, 2.75) is 45.3 Å². The van der Waals surface area contributed by atoms with Gasteiger partial charge in [0.15, 0.2) is 0 Å². The van der Waals surface area contributed by atoms with Gasteiger partial charge >= 0.3 is 0 Å². The Balaban J connectivity index is 0.00000324. The van der Waals surface area contributed by atoms with Gasteiger partial charge in [0.05, 0.1) is 12.7 Å². The number of halogens is 1. The molecule has 0 aromatic carbocycles. The third-order valence-electron chi connectivity index (χ3n) is 3.29. The molecule has 1 rings (SSSR count). The quantitative estimate of drug-likeness (QED) is 0.657. The normalized spacial score (nSPS) is 21.5. The third-order valence-corrected chi connectivity index (χ3v) is 3.29. The monoisotopic (exact) mass is 294 g/mol. The lowest BCUT2D eigenvalue weighted by atomic mass is 10.0. The van der Waals surface area contributed by atoms with Gasteiger partial charge in [0, 0.05) is 31.7 Å². The number of nitrogens with one attached hydrogen (secondary N) is 1. The molecular formula is C13H27ClN2O3. The van der Waals surface area contributed by atoms with Crippen LogP contribution in [0.3, 0.4) is 0 Å². The minimum atomic E-state index is -0.141. The molecule has 114 valence electrons. The molecule has 0 saturated carbocycles. The number of nitrogens with two attached hydrogens (primary N) is 1. The molecule has 3 unspecified atom stereocenters. The second kappa shape index (κ2) is 10.4. The van der Waals surface area contributed by atoms with E-state index in [9.17, 15) is 4.79 Å². The van der Waals surface area contributed by atoms with Crippen molar-refractivity contribution in [1.82, 2.24) is 5.32 Å². The third kappa shape index (κ3) is 7.72. The number of carbonyl (C=O) groups excluding carboxylic acids is 1. The van der Waals surface area contributed by atoms with Crippen LogP contribution in [0.15, 0.2) is 0 Å². The van der Waals surface area contributed by atoms with Crippen LogP contribution < -0.4 is 11.1 Å². The molecule has 1 aliphatic rings. The summed E-state index contributed by atoms with van der Waals surface area (Å²) in [4.78, 5) is 11.6. The van der Waals surface area contributed by atoms with Crippen LogP contribution in [0.4, 0.5) is 0 Å².